The van der Waals surface area contributed by atoms with Gasteiger partial charge in [0.1, 0.15) is 5.82 Å². The number of ether oxygens (including phenoxy) is 1. The molecule has 3 nitrogen and oxygen atoms in total. The Morgan fingerprint density at radius 1 is 1.21 bits per heavy atom. The van der Waals surface area contributed by atoms with E-state index in [1.54, 1.807) is 24.0 Å². The second kappa shape index (κ2) is 7.13. The van der Waals surface area contributed by atoms with E-state index in [0.29, 0.717) is 6.61 Å². The number of halogens is 1. The first-order chi connectivity index (χ1) is 11.7. The Kier molecular flexibility index (Phi) is 4.75. The molecule has 24 heavy (non-hydrogen) atoms. The fourth-order valence-corrected chi connectivity index (χ4v) is 2.64. The van der Waals surface area contributed by atoms with E-state index < -0.39 is 0 Å². The maximum absolute atomic E-state index is 13.0. The topological polar surface area (TPSA) is 29.5 Å². The number of rotatable bonds is 3. The van der Waals surface area contributed by atoms with Crippen LogP contribution in [0.5, 0.6) is 0 Å². The molecule has 0 radical (unpaired) electrons. The minimum atomic E-state index is -0.386. The van der Waals surface area contributed by atoms with Gasteiger partial charge in [0.05, 0.1) is 18.3 Å². The normalized spacial score (nSPS) is 16.2. The minimum absolute atomic E-state index is 0.260. The number of para-hydroxylation sites is 1. The second-order valence-corrected chi connectivity index (χ2v) is 5.39. The van der Waals surface area contributed by atoms with Gasteiger partial charge in [0.2, 0.25) is 0 Å². The number of hydrogen-bond donors (Lipinski definition) is 0. The highest BCUT2D eigenvalue weighted by molar-refractivity contribution is 5.94. The van der Waals surface area contributed by atoms with Crippen LogP contribution < -0.4 is 4.90 Å². The van der Waals surface area contributed by atoms with E-state index in [1.807, 2.05) is 48.6 Å². The highest BCUT2D eigenvalue weighted by atomic mass is 19.1. The Balaban J connectivity index is 1.91. The summed E-state index contributed by atoms with van der Waals surface area (Å²) in [5, 5.41) is 0. The van der Waals surface area contributed by atoms with E-state index in [9.17, 15) is 9.18 Å². The molecule has 1 aliphatic heterocycles. The lowest BCUT2D eigenvalue weighted by Crippen LogP contribution is -2.40. The third kappa shape index (κ3) is 3.38. The number of fused-ring (bicyclic) bond motifs is 1. The van der Waals surface area contributed by atoms with Crippen LogP contribution in [0, 0.1) is 5.82 Å². The van der Waals surface area contributed by atoms with Gasteiger partial charge in [-0.05, 0) is 36.2 Å². The van der Waals surface area contributed by atoms with Gasteiger partial charge in [-0.2, -0.15) is 0 Å². The summed E-state index contributed by atoms with van der Waals surface area (Å²) in [7, 11) is 0. The molecule has 1 atom stereocenters. The summed E-state index contributed by atoms with van der Waals surface area (Å²) in [4.78, 5) is 14.0. The number of carbonyl (C=O) groups excluding carboxylic acids is 1. The zero-order chi connectivity index (χ0) is 16.9. The van der Waals surface area contributed by atoms with Gasteiger partial charge in [-0.25, -0.2) is 9.18 Å². The molecule has 0 aromatic heterocycles. The number of anilines is 1. The minimum Gasteiger partial charge on any atom is -0.449 e. The van der Waals surface area contributed by atoms with E-state index in [1.165, 1.54) is 12.1 Å². The molecule has 0 bridgehead atoms. The molecule has 0 fully saturated rings. The monoisotopic (exact) mass is 323 g/mol. The van der Waals surface area contributed by atoms with E-state index in [4.69, 9.17) is 4.74 Å². The molecule has 2 aromatic carbocycles. The maximum atomic E-state index is 13.0. The van der Waals surface area contributed by atoms with Gasteiger partial charge in [0, 0.05) is 0 Å². The van der Waals surface area contributed by atoms with E-state index in [-0.39, 0.29) is 18.0 Å². The summed E-state index contributed by atoms with van der Waals surface area (Å²) in [6.45, 7) is 2.10. The van der Waals surface area contributed by atoms with Gasteiger partial charge in [-0.1, -0.05) is 54.6 Å². The van der Waals surface area contributed by atoms with Crippen LogP contribution >= 0.6 is 0 Å². The van der Waals surface area contributed by atoms with Crippen molar-refractivity contribution in [2.45, 2.75) is 13.0 Å². The summed E-state index contributed by atoms with van der Waals surface area (Å²) in [5.41, 5.74) is 2.65. The van der Waals surface area contributed by atoms with Crippen molar-refractivity contribution in [3.63, 3.8) is 0 Å². The number of carbonyl (C=O) groups is 1. The molecule has 1 unspecified atom stereocenters. The summed E-state index contributed by atoms with van der Waals surface area (Å²) >= 11 is 0. The fourth-order valence-electron chi connectivity index (χ4n) is 2.64. The molecule has 1 heterocycles. The molecule has 4 heteroatoms. The summed E-state index contributed by atoms with van der Waals surface area (Å²) in [6.07, 6.45) is 7.32. The summed E-state index contributed by atoms with van der Waals surface area (Å²) < 4.78 is 18.2. The summed E-state index contributed by atoms with van der Waals surface area (Å²) in [5.74, 6) is -0.271. The Bertz CT molecular complexity index is 780. The lowest BCUT2D eigenvalue weighted by atomic mass is 10.0. The van der Waals surface area contributed by atoms with Crippen LogP contribution in [0.25, 0.3) is 12.2 Å². The number of benzene rings is 2. The van der Waals surface area contributed by atoms with Crippen LogP contribution in [0.3, 0.4) is 0 Å². The quantitative estimate of drug-likeness (QED) is 0.804. The first kappa shape index (κ1) is 16.0. The molecular formula is C20H18FNO2. The Labute approximate surface area is 140 Å². The standard InChI is InChI=1S/C20H18FNO2/c1-2-24-20(23)22-18(13-9-15-7-11-17(21)12-8-15)14-10-16-5-3-4-6-19(16)22/h3-14,18H,2H2,1H3/b13-9+. The van der Waals surface area contributed by atoms with E-state index in [2.05, 4.69) is 0 Å². The third-order valence-corrected chi connectivity index (χ3v) is 3.79. The van der Waals surface area contributed by atoms with Gasteiger partial charge >= 0.3 is 6.09 Å². The lowest BCUT2D eigenvalue weighted by Gasteiger charge is -2.31. The molecular weight excluding hydrogens is 305 g/mol. The van der Waals surface area contributed by atoms with Crippen molar-refractivity contribution < 1.29 is 13.9 Å². The lowest BCUT2D eigenvalue weighted by molar-refractivity contribution is 0.159. The maximum Gasteiger partial charge on any atom is 0.415 e. The number of amides is 1. The number of nitrogens with zero attached hydrogens (tertiary/aromatic N) is 1. The van der Waals surface area contributed by atoms with Crippen molar-refractivity contribution in [1.82, 2.24) is 0 Å². The van der Waals surface area contributed by atoms with Gasteiger partial charge in [0.25, 0.3) is 0 Å². The van der Waals surface area contributed by atoms with Crippen LogP contribution in [0.1, 0.15) is 18.1 Å². The average molecular weight is 323 g/mol. The SMILES string of the molecule is CCOC(=O)N1c2ccccc2C=CC1/C=C/c1ccc(F)cc1. The van der Waals surface area contributed by atoms with E-state index >= 15 is 0 Å². The van der Waals surface area contributed by atoms with Crippen molar-refractivity contribution in [3.05, 3.63) is 77.6 Å². The van der Waals surface area contributed by atoms with Gasteiger partial charge in [-0.15, -0.1) is 0 Å². The van der Waals surface area contributed by atoms with Crippen molar-refractivity contribution in [1.29, 1.82) is 0 Å². The largest absolute Gasteiger partial charge is 0.449 e. The van der Waals surface area contributed by atoms with E-state index in [0.717, 1.165) is 16.8 Å². The van der Waals surface area contributed by atoms with Crippen molar-refractivity contribution in [3.8, 4) is 0 Å². The molecule has 1 amide bonds. The third-order valence-electron chi connectivity index (χ3n) is 3.79. The highest BCUT2D eigenvalue weighted by Gasteiger charge is 2.27. The van der Waals surface area contributed by atoms with Gasteiger partial charge in [-0.3, -0.25) is 4.90 Å². The first-order valence-corrected chi connectivity index (χ1v) is 7.86. The molecule has 1 aliphatic rings. The molecule has 0 saturated heterocycles. The molecule has 0 saturated carbocycles. The van der Waals surface area contributed by atoms with Crippen LogP contribution in [-0.4, -0.2) is 18.7 Å². The zero-order valence-corrected chi connectivity index (χ0v) is 13.4. The van der Waals surface area contributed by atoms with Crippen molar-refractivity contribution in [2.24, 2.45) is 0 Å². The summed E-state index contributed by atoms with van der Waals surface area (Å²) in [6, 6.07) is 13.6. The fraction of sp³-hybridized carbons (Fsp3) is 0.150. The van der Waals surface area contributed by atoms with Crippen LogP contribution in [0.15, 0.2) is 60.7 Å². The smallest absolute Gasteiger partial charge is 0.415 e. The zero-order valence-electron chi connectivity index (χ0n) is 13.4. The average Bonchev–Trinajstić information content (AvgIpc) is 2.61. The Morgan fingerprint density at radius 2 is 1.96 bits per heavy atom. The van der Waals surface area contributed by atoms with Crippen molar-refractivity contribution in [2.75, 3.05) is 11.5 Å². The molecule has 0 aliphatic carbocycles. The highest BCUT2D eigenvalue weighted by Crippen LogP contribution is 2.30. The van der Waals surface area contributed by atoms with Gasteiger partial charge < -0.3 is 4.74 Å². The van der Waals surface area contributed by atoms with Crippen LogP contribution in [0.4, 0.5) is 14.9 Å². The van der Waals surface area contributed by atoms with Gasteiger partial charge in [0.15, 0.2) is 0 Å². The molecule has 3 rings (SSSR count). The number of hydrogen-bond acceptors (Lipinski definition) is 2. The van der Waals surface area contributed by atoms with Crippen molar-refractivity contribution >= 4 is 23.9 Å². The van der Waals surface area contributed by atoms with Crippen LogP contribution in [-0.2, 0) is 4.74 Å². The predicted octanol–water partition coefficient (Wildman–Crippen LogP) is 4.90. The molecule has 0 spiro atoms. The molecule has 122 valence electrons. The Hall–Kier alpha value is -2.88. The first-order valence-electron chi connectivity index (χ1n) is 7.86. The van der Waals surface area contributed by atoms with Crippen LogP contribution in [0.2, 0.25) is 0 Å². The predicted molar refractivity (Wildman–Crippen MR) is 94.2 cm³/mol. The molecule has 2 aromatic rings. The second-order valence-electron chi connectivity index (χ2n) is 5.39. The molecule has 0 N–H and O–H groups in total. The Morgan fingerprint density at radius 3 is 2.71 bits per heavy atom.